The molecule has 0 aromatic heterocycles. The number of primary amides is 1. The van der Waals surface area contributed by atoms with Crippen molar-refractivity contribution in [2.75, 3.05) is 0 Å². The van der Waals surface area contributed by atoms with Crippen molar-refractivity contribution in [3.05, 3.63) is 24.3 Å². The van der Waals surface area contributed by atoms with Gasteiger partial charge in [0.05, 0.1) is 0 Å². The number of hydrogen-bond donors (Lipinski definition) is 1. The van der Waals surface area contributed by atoms with Crippen molar-refractivity contribution >= 4 is 5.91 Å². The van der Waals surface area contributed by atoms with E-state index in [1.54, 1.807) is 13.8 Å². The average molecular weight is 163 g/mol. The standard InChI is InChI=1S/C6H4.C4H9NO/c1-2-6-4-3-5(1)6;1-3(2)4(5)6/h1-4H;3H,1-2H3,(H2,5,6). The quantitative estimate of drug-likeness (QED) is 0.684. The summed E-state index contributed by atoms with van der Waals surface area (Å²) in [5.41, 5.74) is 7.65. The van der Waals surface area contributed by atoms with Gasteiger partial charge in [-0.15, -0.1) is 0 Å². The third-order valence-corrected chi connectivity index (χ3v) is 1.79. The molecule has 1 amide bonds. The van der Waals surface area contributed by atoms with E-state index in [1.165, 1.54) is 11.1 Å². The molecule has 0 saturated carbocycles. The molecule has 0 atom stereocenters. The Morgan fingerprint density at radius 3 is 1.42 bits per heavy atom. The summed E-state index contributed by atoms with van der Waals surface area (Å²) in [5, 5.41) is 0. The number of nitrogens with two attached hydrogens (primary N) is 1. The molecule has 0 saturated heterocycles. The van der Waals surface area contributed by atoms with E-state index in [4.69, 9.17) is 5.73 Å². The smallest absolute Gasteiger partial charge is 0.219 e. The van der Waals surface area contributed by atoms with E-state index in [1.807, 2.05) is 0 Å². The summed E-state index contributed by atoms with van der Waals surface area (Å²) in [6.45, 7) is 3.53. The fourth-order valence-electron chi connectivity index (χ4n) is 0.663. The van der Waals surface area contributed by atoms with E-state index in [9.17, 15) is 4.79 Å². The third kappa shape index (κ3) is 1.84. The summed E-state index contributed by atoms with van der Waals surface area (Å²) < 4.78 is 0. The highest BCUT2D eigenvalue weighted by molar-refractivity contribution is 5.75. The van der Waals surface area contributed by atoms with Crippen molar-refractivity contribution < 1.29 is 4.79 Å². The van der Waals surface area contributed by atoms with E-state index >= 15 is 0 Å². The molecule has 0 heterocycles. The molecule has 0 radical (unpaired) electrons. The summed E-state index contributed by atoms with van der Waals surface area (Å²) in [7, 11) is 0. The molecule has 0 bridgehead atoms. The van der Waals surface area contributed by atoms with Crippen molar-refractivity contribution in [2.24, 2.45) is 11.7 Å². The molecule has 0 fully saturated rings. The lowest BCUT2D eigenvalue weighted by atomic mass is 9.95. The second-order valence-corrected chi connectivity index (χ2v) is 3.13. The zero-order valence-electron chi connectivity index (χ0n) is 7.37. The predicted molar refractivity (Wildman–Crippen MR) is 49.5 cm³/mol. The van der Waals surface area contributed by atoms with E-state index in [0.717, 1.165) is 0 Å². The molecule has 2 N–H and O–H groups in total. The first kappa shape index (κ1) is 8.78. The Morgan fingerprint density at radius 2 is 1.42 bits per heavy atom. The van der Waals surface area contributed by atoms with Gasteiger partial charge < -0.3 is 5.73 Å². The minimum Gasteiger partial charge on any atom is -0.369 e. The lowest BCUT2D eigenvalue weighted by Crippen LogP contribution is -2.17. The molecule has 64 valence electrons. The van der Waals surface area contributed by atoms with E-state index in [2.05, 4.69) is 24.3 Å². The van der Waals surface area contributed by atoms with Crippen molar-refractivity contribution in [3.63, 3.8) is 0 Å². The molecular formula is C10H13NO. The SMILES string of the molecule is CC(C)C(N)=O.c1cc2ccc1-2. The van der Waals surface area contributed by atoms with Crippen LogP contribution in [0.25, 0.3) is 11.1 Å². The van der Waals surface area contributed by atoms with Gasteiger partial charge in [-0.05, 0) is 11.1 Å². The number of carbonyl (C=O) groups excluding carboxylic acids is 1. The molecule has 2 heteroatoms. The van der Waals surface area contributed by atoms with Crippen LogP contribution in [0, 0.1) is 5.92 Å². The number of fused-ring (bicyclic) bond motifs is 1. The molecule has 0 aliphatic heterocycles. The number of carbonyl (C=O) groups is 1. The Bertz CT molecular complexity index is 253. The van der Waals surface area contributed by atoms with Crippen LogP contribution < -0.4 is 5.73 Å². The molecule has 0 spiro atoms. The van der Waals surface area contributed by atoms with Crippen LogP contribution in [0.2, 0.25) is 0 Å². The molecule has 0 aromatic carbocycles. The maximum atomic E-state index is 9.92. The molecule has 12 heavy (non-hydrogen) atoms. The van der Waals surface area contributed by atoms with Crippen LogP contribution in [-0.4, -0.2) is 5.91 Å². The van der Waals surface area contributed by atoms with Gasteiger partial charge in [-0.3, -0.25) is 4.79 Å². The summed E-state index contributed by atoms with van der Waals surface area (Å²) in [6, 6.07) is 8.48. The highest BCUT2D eigenvalue weighted by Crippen LogP contribution is 2.29. The lowest BCUT2D eigenvalue weighted by molar-refractivity contribution is -0.120. The van der Waals surface area contributed by atoms with Crippen molar-refractivity contribution in [2.45, 2.75) is 13.8 Å². The average Bonchev–Trinajstić information content (AvgIpc) is 1.97. The van der Waals surface area contributed by atoms with Gasteiger partial charge in [0.15, 0.2) is 0 Å². The fourth-order valence-corrected chi connectivity index (χ4v) is 0.663. The van der Waals surface area contributed by atoms with Crippen molar-refractivity contribution in [3.8, 4) is 11.1 Å². The minimum absolute atomic E-state index is 0.00926. The van der Waals surface area contributed by atoms with Crippen molar-refractivity contribution in [1.82, 2.24) is 0 Å². The normalized spacial score (nSPS) is 10.2. The molecule has 2 rings (SSSR count). The van der Waals surface area contributed by atoms with Gasteiger partial charge in [-0.2, -0.15) is 0 Å². The first-order valence-corrected chi connectivity index (χ1v) is 4.01. The lowest BCUT2D eigenvalue weighted by Gasteiger charge is -2.10. The molecular weight excluding hydrogens is 150 g/mol. The Balaban J connectivity index is 0.000000120. The summed E-state index contributed by atoms with van der Waals surface area (Å²) in [5.74, 6) is -0.250. The highest BCUT2D eigenvalue weighted by Gasteiger charge is 2.03. The van der Waals surface area contributed by atoms with Crippen LogP contribution in [0.5, 0.6) is 0 Å². The molecule has 0 unspecified atom stereocenters. The van der Waals surface area contributed by atoms with Gasteiger partial charge in [0.1, 0.15) is 0 Å². The number of benzene rings is 1. The Morgan fingerprint density at radius 1 is 1.17 bits per heavy atom. The van der Waals surface area contributed by atoms with Crippen LogP contribution >= 0.6 is 0 Å². The summed E-state index contributed by atoms with van der Waals surface area (Å²) in [4.78, 5) is 9.92. The first-order chi connectivity index (χ1) is 5.61. The Hall–Kier alpha value is -1.31. The monoisotopic (exact) mass is 163 g/mol. The van der Waals surface area contributed by atoms with Crippen LogP contribution in [-0.2, 0) is 4.79 Å². The molecule has 0 aromatic rings. The predicted octanol–water partition coefficient (Wildman–Crippen LogP) is 1.79. The maximum Gasteiger partial charge on any atom is 0.219 e. The van der Waals surface area contributed by atoms with E-state index in [0.29, 0.717) is 0 Å². The number of amides is 1. The minimum atomic E-state index is -0.241. The summed E-state index contributed by atoms with van der Waals surface area (Å²) in [6.07, 6.45) is 0. The Labute approximate surface area is 72.4 Å². The fraction of sp³-hybridized carbons (Fsp3) is 0.300. The second-order valence-electron chi connectivity index (χ2n) is 3.13. The Kier molecular flexibility index (Phi) is 2.48. The van der Waals surface area contributed by atoms with Gasteiger partial charge in [-0.1, -0.05) is 38.1 Å². The van der Waals surface area contributed by atoms with Crippen LogP contribution in [0.3, 0.4) is 0 Å². The zero-order valence-corrected chi connectivity index (χ0v) is 7.37. The van der Waals surface area contributed by atoms with E-state index in [-0.39, 0.29) is 11.8 Å². The van der Waals surface area contributed by atoms with Gasteiger partial charge in [0, 0.05) is 5.92 Å². The summed E-state index contributed by atoms with van der Waals surface area (Å²) >= 11 is 0. The van der Waals surface area contributed by atoms with Gasteiger partial charge in [-0.25, -0.2) is 0 Å². The van der Waals surface area contributed by atoms with E-state index < -0.39 is 0 Å². The molecule has 2 nitrogen and oxygen atoms in total. The number of hydrogen-bond acceptors (Lipinski definition) is 1. The van der Waals surface area contributed by atoms with Crippen LogP contribution in [0.15, 0.2) is 24.3 Å². The largest absolute Gasteiger partial charge is 0.369 e. The van der Waals surface area contributed by atoms with Crippen LogP contribution in [0.1, 0.15) is 13.8 Å². The maximum absolute atomic E-state index is 9.92. The second kappa shape index (κ2) is 3.39. The van der Waals surface area contributed by atoms with Gasteiger partial charge in [0.2, 0.25) is 5.91 Å². The van der Waals surface area contributed by atoms with Crippen molar-refractivity contribution in [1.29, 1.82) is 0 Å². The first-order valence-electron chi connectivity index (χ1n) is 4.01. The van der Waals surface area contributed by atoms with Gasteiger partial charge >= 0.3 is 0 Å². The van der Waals surface area contributed by atoms with Gasteiger partial charge in [0.25, 0.3) is 0 Å². The highest BCUT2D eigenvalue weighted by atomic mass is 16.1. The molecule has 2 aliphatic carbocycles. The topological polar surface area (TPSA) is 43.1 Å². The molecule has 2 aliphatic rings. The number of rotatable bonds is 1. The zero-order chi connectivity index (χ0) is 9.14. The van der Waals surface area contributed by atoms with Crippen LogP contribution in [0.4, 0.5) is 0 Å². The third-order valence-electron chi connectivity index (χ3n) is 1.79.